The first-order valence-electron chi connectivity index (χ1n) is 5.59. The first-order valence-corrected chi connectivity index (χ1v) is 5.59. The molecule has 0 atom stereocenters. The Morgan fingerprint density at radius 1 is 0.950 bits per heavy atom. The summed E-state index contributed by atoms with van der Waals surface area (Å²) in [6, 6.07) is 9.47. The molecular formula is C14H10F4O2. The van der Waals surface area contributed by atoms with E-state index >= 15 is 0 Å². The van der Waals surface area contributed by atoms with Crippen molar-refractivity contribution in [3.8, 4) is 22.6 Å². The van der Waals surface area contributed by atoms with Gasteiger partial charge in [0.25, 0.3) is 0 Å². The summed E-state index contributed by atoms with van der Waals surface area (Å²) in [7, 11) is 1.32. The van der Waals surface area contributed by atoms with E-state index in [1.165, 1.54) is 31.4 Å². The van der Waals surface area contributed by atoms with Gasteiger partial charge in [-0.1, -0.05) is 24.3 Å². The molecule has 20 heavy (non-hydrogen) atoms. The molecule has 2 aromatic rings. The number of para-hydroxylation sites is 1. The van der Waals surface area contributed by atoms with Crippen molar-refractivity contribution in [1.29, 1.82) is 0 Å². The fraction of sp³-hybridized carbons (Fsp3) is 0.143. The summed E-state index contributed by atoms with van der Waals surface area (Å²) in [6.45, 7) is 0. The zero-order valence-corrected chi connectivity index (χ0v) is 10.4. The van der Waals surface area contributed by atoms with Gasteiger partial charge in [0.05, 0.1) is 7.11 Å². The number of hydrogen-bond donors (Lipinski definition) is 0. The summed E-state index contributed by atoms with van der Waals surface area (Å²) in [5.41, 5.74) is 0.974. The third kappa shape index (κ3) is 3.20. The van der Waals surface area contributed by atoms with Crippen molar-refractivity contribution in [2.45, 2.75) is 6.36 Å². The zero-order valence-electron chi connectivity index (χ0n) is 10.4. The van der Waals surface area contributed by atoms with Gasteiger partial charge in [-0.25, -0.2) is 4.39 Å². The number of rotatable bonds is 3. The van der Waals surface area contributed by atoms with Crippen molar-refractivity contribution < 1.29 is 27.0 Å². The normalized spacial score (nSPS) is 11.2. The van der Waals surface area contributed by atoms with Crippen LogP contribution in [0.5, 0.6) is 11.5 Å². The number of benzene rings is 2. The fourth-order valence-electron chi connectivity index (χ4n) is 1.78. The van der Waals surface area contributed by atoms with E-state index in [0.29, 0.717) is 11.1 Å². The first-order chi connectivity index (χ1) is 9.40. The smallest absolute Gasteiger partial charge is 0.493 e. The number of hydrogen-bond acceptors (Lipinski definition) is 2. The van der Waals surface area contributed by atoms with Gasteiger partial charge in [-0.05, 0) is 23.8 Å². The molecule has 0 aromatic heterocycles. The number of ether oxygens (including phenoxy) is 2. The molecule has 0 bridgehead atoms. The minimum atomic E-state index is -4.74. The summed E-state index contributed by atoms with van der Waals surface area (Å²) in [5, 5.41) is 0. The molecular weight excluding hydrogens is 276 g/mol. The minimum Gasteiger partial charge on any atom is -0.493 e. The van der Waals surface area contributed by atoms with E-state index in [-0.39, 0.29) is 11.5 Å². The second-order valence-corrected chi connectivity index (χ2v) is 3.89. The molecule has 2 nitrogen and oxygen atoms in total. The van der Waals surface area contributed by atoms with E-state index in [4.69, 9.17) is 4.74 Å². The van der Waals surface area contributed by atoms with Gasteiger partial charge < -0.3 is 9.47 Å². The summed E-state index contributed by atoms with van der Waals surface area (Å²) in [6.07, 6.45) is -4.74. The van der Waals surface area contributed by atoms with E-state index in [1.54, 1.807) is 6.07 Å². The van der Waals surface area contributed by atoms with E-state index in [0.717, 1.165) is 12.1 Å². The van der Waals surface area contributed by atoms with Gasteiger partial charge >= 0.3 is 6.36 Å². The topological polar surface area (TPSA) is 18.5 Å². The molecule has 0 aliphatic carbocycles. The largest absolute Gasteiger partial charge is 0.573 e. The highest BCUT2D eigenvalue weighted by Crippen LogP contribution is 2.33. The van der Waals surface area contributed by atoms with Crippen molar-refractivity contribution in [2.24, 2.45) is 0 Å². The SMILES string of the molecule is COc1c(F)cccc1-c1ccc(OC(F)(F)F)cc1. The highest BCUT2D eigenvalue weighted by atomic mass is 19.4. The van der Waals surface area contributed by atoms with E-state index in [1.807, 2.05) is 0 Å². The van der Waals surface area contributed by atoms with E-state index < -0.39 is 12.2 Å². The van der Waals surface area contributed by atoms with Crippen LogP contribution in [-0.2, 0) is 0 Å². The Kier molecular flexibility index (Phi) is 3.83. The zero-order chi connectivity index (χ0) is 14.8. The Hall–Kier alpha value is -2.24. The van der Waals surface area contributed by atoms with Crippen molar-refractivity contribution in [3.63, 3.8) is 0 Å². The Balaban J connectivity index is 2.33. The van der Waals surface area contributed by atoms with Gasteiger partial charge in [-0.3, -0.25) is 0 Å². The molecule has 0 aliphatic heterocycles. The van der Waals surface area contributed by atoms with Gasteiger partial charge in [0.15, 0.2) is 11.6 Å². The maximum Gasteiger partial charge on any atom is 0.573 e. The molecule has 0 N–H and O–H groups in total. The molecule has 0 aliphatic rings. The lowest BCUT2D eigenvalue weighted by atomic mass is 10.0. The molecule has 0 saturated heterocycles. The maximum absolute atomic E-state index is 13.5. The lowest BCUT2D eigenvalue weighted by Gasteiger charge is -2.11. The van der Waals surface area contributed by atoms with Crippen LogP contribution in [0.2, 0.25) is 0 Å². The second-order valence-electron chi connectivity index (χ2n) is 3.89. The summed E-state index contributed by atoms with van der Waals surface area (Å²) >= 11 is 0. The molecule has 0 fully saturated rings. The second kappa shape index (κ2) is 5.40. The van der Waals surface area contributed by atoms with Crippen LogP contribution in [0.4, 0.5) is 17.6 Å². The van der Waals surface area contributed by atoms with E-state index in [2.05, 4.69) is 4.74 Å². The van der Waals surface area contributed by atoms with Gasteiger partial charge in [0.2, 0.25) is 0 Å². The monoisotopic (exact) mass is 286 g/mol. The fourth-order valence-corrected chi connectivity index (χ4v) is 1.78. The average molecular weight is 286 g/mol. The molecule has 0 amide bonds. The van der Waals surface area contributed by atoms with Crippen LogP contribution in [0.3, 0.4) is 0 Å². The van der Waals surface area contributed by atoms with Crippen LogP contribution in [0.25, 0.3) is 11.1 Å². The van der Waals surface area contributed by atoms with Gasteiger partial charge in [0, 0.05) is 5.56 Å². The number of methoxy groups -OCH3 is 1. The van der Waals surface area contributed by atoms with Crippen LogP contribution < -0.4 is 9.47 Å². The van der Waals surface area contributed by atoms with Gasteiger partial charge in [0.1, 0.15) is 5.75 Å². The predicted molar refractivity (Wildman–Crippen MR) is 65.1 cm³/mol. The first kappa shape index (κ1) is 14.2. The Labute approximate surface area is 112 Å². The van der Waals surface area contributed by atoms with Crippen LogP contribution in [0, 0.1) is 5.82 Å². The summed E-state index contributed by atoms with van der Waals surface area (Å²) in [5.74, 6) is -0.839. The molecule has 2 aromatic carbocycles. The molecule has 2 rings (SSSR count). The summed E-state index contributed by atoms with van der Waals surface area (Å²) in [4.78, 5) is 0. The predicted octanol–water partition coefficient (Wildman–Crippen LogP) is 4.40. The molecule has 106 valence electrons. The van der Waals surface area contributed by atoms with Crippen LogP contribution in [0.15, 0.2) is 42.5 Å². The lowest BCUT2D eigenvalue weighted by molar-refractivity contribution is -0.274. The number of halogens is 4. The third-order valence-electron chi connectivity index (χ3n) is 2.57. The molecule has 0 unspecified atom stereocenters. The molecule has 6 heteroatoms. The highest BCUT2D eigenvalue weighted by molar-refractivity contribution is 5.71. The Morgan fingerprint density at radius 3 is 2.15 bits per heavy atom. The van der Waals surface area contributed by atoms with Crippen LogP contribution in [0.1, 0.15) is 0 Å². The lowest BCUT2D eigenvalue weighted by Crippen LogP contribution is -2.16. The highest BCUT2D eigenvalue weighted by Gasteiger charge is 2.31. The number of alkyl halides is 3. The standard InChI is InChI=1S/C14H10F4O2/c1-19-13-11(3-2-4-12(13)15)9-5-7-10(8-6-9)20-14(16,17)18/h2-8H,1H3. The maximum atomic E-state index is 13.5. The van der Waals surface area contributed by atoms with Gasteiger partial charge in [-0.15, -0.1) is 13.2 Å². The van der Waals surface area contributed by atoms with Crippen molar-refractivity contribution >= 4 is 0 Å². The third-order valence-corrected chi connectivity index (χ3v) is 2.57. The minimum absolute atomic E-state index is 0.0389. The van der Waals surface area contributed by atoms with E-state index in [9.17, 15) is 17.6 Å². The molecule has 0 radical (unpaired) electrons. The van der Waals surface area contributed by atoms with Crippen LogP contribution >= 0.6 is 0 Å². The Morgan fingerprint density at radius 2 is 1.60 bits per heavy atom. The quantitative estimate of drug-likeness (QED) is 0.779. The van der Waals surface area contributed by atoms with Gasteiger partial charge in [-0.2, -0.15) is 0 Å². The molecule has 0 saturated carbocycles. The molecule has 0 heterocycles. The summed E-state index contributed by atoms with van der Waals surface area (Å²) < 4.78 is 58.4. The van der Waals surface area contributed by atoms with Crippen molar-refractivity contribution in [1.82, 2.24) is 0 Å². The van der Waals surface area contributed by atoms with Crippen molar-refractivity contribution in [2.75, 3.05) is 7.11 Å². The Bertz CT molecular complexity index is 591. The molecule has 0 spiro atoms. The average Bonchev–Trinajstić information content (AvgIpc) is 2.37. The van der Waals surface area contributed by atoms with Crippen molar-refractivity contribution in [3.05, 3.63) is 48.3 Å². The van der Waals surface area contributed by atoms with Crippen LogP contribution in [-0.4, -0.2) is 13.5 Å².